The Bertz CT molecular complexity index is 868. The highest BCUT2D eigenvalue weighted by molar-refractivity contribution is 5.69. The van der Waals surface area contributed by atoms with Gasteiger partial charge in [-0.25, -0.2) is 4.79 Å². The highest BCUT2D eigenvalue weighted by atomic mass is 16.6. The number of amides is 1. The number of piperidine rings is 1. The van der Waals surface area contributed by atoms with Crippen LogP contribution in [0.2, 0.25) is 0 Å². The fraction of sp³-hybridized carbons (Fsp3) is 0.417. The maximum absolute atomic E-state index is 12.9. The van der Waals surface area contributed by atoms with Gasteiger partial charge in [-0.15, -0.1) is 0 Å². The fourth-order valence-electron chi connectivity index (χ4n) is 3.64. The second kappa shape index (κ2) is 9.11. The molecular formula is C24H28N2O3. The summed E-state index contributed by atoms with van der Waals surface area (Å²) >= 11 is 0. The van der Waals surface area contributed by atoms with Crippen molar-refractivity contribution in [2.45, 2.75) is 58.0 Å². The molecule has 2 aromatic carbocycles. The number of rotatable bonds is 4. The SMILES string of the molecule is CC(C)(C)OC(=O)N1CCCC(OCc2cccc(C#N)c2)C1c1ccccc1. The van der Waals surface area contributed by atoms with Gasteiger partial charge in [0.05, 0.1) is 30.4 Å². The molecule has 1 saturated heterocycles. The Morgan fingerprint density at radius 1 is 1.17 bits per heavy atom. The molecule has 1 heterocycles. The molecular weight excluding hydrogens is 364 g/mol. The largest absolute Gasteiger partial charge is 0.444 e. The molecule has 1 aliphatic heterocycles. The zero-order valence-electron chi connectivity index (χ0n) is 17.3. The summed E-state index contributed by atoms with van der Waals surface area (Å²) in [6.45, 7) is 6.66. The lowest BCUT2D eigenvalue weighted by Crippen LogP contribution is -2.47. The Labute approximate surface area is 172 Å². The first-order chi connectivity index (χ1) is 13.9. The van der Waals surface area contributed by atoms with E-state index in [-0.39, 0.29) is 18.2 Å². The molecule has 3 rings (SSSR count). The lowest BCUT2D eigenvalue weighted by molar-refractivity contribution is -0.0600. The van der Waals surface area contributed by atoms with Crippen molar-refractivity contribution in [3.63, 3.8) is 0 Å². The molecule has 1 aliphatic rings. The molecule has 0 saturated carbocycles. The van der Waals surface area contributed by atoms with Gasteiger partial charge in [-0.1, -0.05) is 42.5 Å². The second-order valence-corrected chi connectivity index (χ2v) is 8.33. The van der Waals surface area contributed by atoms with E-state index in [1.165, 1.54) is 0 Å². The first-order valence-corrected chi connectivity index (χ1v) is 10.0. The number of carbonyl (C=O) groups excluding carboxylic acids is 1. The number of nitrogens with zero attached hydrogens (tertiary/aromatic N) is 2. The fourth-order valence-corrected chi connectivity index (χ4v) is 3.64. The van der Waals surface area contributed by atoms with Crippen LogP contribution in [0.15, 0.2) is 54.6 Å². The van der Waals surface area contributed by atoms with E-state index in [2.05, 4.69) is 6.07 Å². The van der Waals surface area contributed by atoms with Gasteiger partial charge in [0, 0.05) is 6.54 Å². The van der Waals surface area contributed by atoms with E-state index in [9.17, 15) is 4.79 Å². The zero-order valence-corrected chi connectivity index (χ0v) is 17.3. The van der Waals surface area contributed by atoms with Crippen molar-refractivity contribution in [3.8, 4) is 6.07 Å². The summed E-state index contributed by atoms with van der Waals surface area (Å²) in [6, 6.07) is 19.4. The van der Waals surface area contributed by atoms with Crippen molar-refractivity contribution in [2.75, 3.05) is 6.54 Å². The minimum Gasteiger partial charge on any atom is -0.444 e. The van der Waals surface area contributed by atoms with Crippen LogP contribution in [0.5, 0.6) is 0 Å². The smallest absolute Gasteiger partial charge is 0.410 e. The normalized spacial score (nSPS) is 19.4. The molecule has 29 heavy (non-hydrogen) atoms. The van der Waals surface area contributed by atoms with Gasteiger partial charge in [0.15, 0.2) is 0 Å². The van der Waals surface area contributed by atoms with Crippen LogP contribution in [-0.4, -0.2) is 29.2 Å². The van der Waals surface area contributed by atoms with Crippen molar-refractivity contribution in [3.05, 3.63) is 71.3 Å². The summed E-state index contributed by atoms with van der Waals surface area (Å²) in [4.78, 5) is 14.7. The molecule has 0 N–H and O–H groups in total. The van der Waals surface area contributed by atoms with Crippen LogP contribution >= 0.6 is 0 Å². The Morgan fingerprint density at radius 2 is 1.93 bits per heavy atom. The second-order valence-electron chi connectivity index (χ2n) is 8.33. The van der Waals surface area contributed by atoms with Crippen LogP contribution in [-0.2, 0) is 16.1 Å². The number of ether oxygens (including phenoxy) is 2. The molecule has 0 aliphatic carbocycles. The number of benzene rings is 2. The summed E-state index contributed by atoms with van der Waals surface area (Å²) < 4.78 is 12.0. The average molecular weight is 392 g/mol. The summed E-state index contributed by atoms with van der Waals surface area (Å²) in [5, 5.41) is 9.11. The molecule has 2 atom stereocenters. The van der Waals surface area contributed by atoms with Gasteiger partial charge in [-0.3, -0.25) is 4.90 Å². The Hall–Kier alpha value is -2.84. The average Bonchev–Trinajstić information content (AvgIpc) is 2.71. The molecule has 0 spiro atoms. The highest BCUT2D eigenvalue weighted by Gasteiger charge is 2.38. The van der Waals surface area contributed by atoms with Crippen LogP contribution in [0.1, 0.15) is 56.3 Å². The van der Waals surface area contributed by atoms with Gasteiger partial charge in [0.1, 0.15) is 5.60 Å². The van der Waals surface area contributed by atoms with E-state index >= 15 is 0 Å². The van der Waals surface area contributed by atoms with E-state index in [0.717, 1.165) is 24.0 Å². The van der Waals surface area contributed by atoms with Crippen molar-refractivity contribution in [1.82, 2.24) is 4.90 Å². The molecule has 152 valence electrons. The maximum Gasteiger partial charge on any atom is 0.410 e. The summed E-state index contributed by atoms with van der Waals surface area (Å²) in [6.07, 6.45) is 1.25. The third-order valence-electron chi connectivity index (χ3n) is 4.86. The van der Waals surface area contributed by atoms with Crippen LogP contribution in [0, 0.1) is 11.3 Å². The lowest BCUT2D eigenvalue weighted by Gasteiger charge is -2.41. The highest BCUT2D eigenvalue weighted by Crippen LogP contribution is 2.35. The van der Waals surface area contributed by atoms with Crippen LogP contribution in [0.3, 0.4) is 0 Å². The van der Waals surface area contributed by atoms with Gasteiger partial charge in [0.25, 0.3) is 0 Å². The van der Waals surface area contributed by atoms with E-state index in [4.69, 9.17) is 14.7 Å². The first kappa shape index (κ1) is 20.9. The Morgan fingerprint density at radius 3 is 2.62 bits per heavy atom. The molecule has 2 aromatic rings. The third-order valence-corrected chi connectivity index (χ3v) is 4.86. The van der Waals surface area contributed by atoms with Gasteiger partial charge in [0.2, 0.25) is 0 Å². The Balaban J connectivity index is 1.82. The molecule has 5 nitrogen and oxygen atoms in total. The molecule has 5 heteroatoms. The maximum atomic E-state index is 12.9. The number of carbonyl (C=O) groups is 1. The predicted octanol–water partition coefficient (Wildman–Crippen LogP) is 5.22. The number of likely N-dealkylation sites (tertiary alicyclic amines) is 1. The third kappa shape index (κ3) is 5.58. The van der Waals surface area contributed by atoms with Gasteiger partial charge in [-0.05, 0) is 56.9 Å². The van der Waals surface area contributed by atoms with Crippen LogP contribution in [0.4, 0.5) is 4.79 Å². The standard InChI is InChI=1S/C24H28N2O3/c1-24(2,3)29-23(27)26-14-8-13-21(22(26)20-11-5-4-6-12-20)28-17-19-10-7-9-18(15-19)16-25/h4-7,9-12,15,21-22H,8,13-14,17H2,1-3H3. The lowest BCUT2D eigenvalue weighted by atomic mass is 9.92. The molecule has 0 radical (unpaired) electrons. The summed E-state index contributed by atoms with van der Waals surface area (Å²) in [7, 11) is 0. The molecule has 1 fully saturated rings. The Kier molecular flexibility index (Phi) is 6.56. The van der Waals surface area contributed by atoms with Crippen molar-refractivity contribution >= 4 is 6.09 Å². The van der Waals surface area contributed by atoms with Gasteiger partial charge in [-0.2, -0.15) is 5.26 Å². The van der Waals surface area contributed by atoms with Crippen molar-refractivity contribution in [1.29, 1.82) is 5.26 Å². The van der Waals surface area contributed by atoms with Gasteiger partial charge < -0.3 is 9.47 Å². The topological polar surface area (TPSA) is 62.6 Å². The summed E-state index contributed by atoms with van der Waals surface area (Å²) in [5.74, 6) is 0. The van der Waals surface area contributed by atoms with E-state index in [0.29, 0.717) is 18.7 Å². The van der Waals surface area contributed by atoms with Crippen molar-refractivity contribution < 1.29 is 14.3 Å². The first-order valence-electron chi connectivity index (χ1n) is 10.0. The minimum absolute atomic E-state index is 0.149. The summed E-state index contributed by atoms with van der Waals surface area (Å²) in [5.41, 5.74) is 2.05. The zero-order chi connectivity index (χ0) is 20.9. The van der Waals surface area contributed by atoms with E-state index in [1.54, 1.807) is 11.0 Å². The molecule has 1 amide bonds. The monoisotopic (exact) mass is 392 g/mol. The van der Waals surface area contributed by atoms with E-state index in [1.807, 2.05) is 69.3 Å². The quantitative estimate of drug-likeness (QED) is 0.716. The predicted molar refractivity (Wildman–Crippen MR) is 111 cm³/mol. The number of hydrogen-bond acceptors (Lipinski definition) is 4. The minimum atomic E-state index is -0.552. The van der Waals surface area contributed by atoms with E-state index < -0.39 is 5.60 Å². The molecule has 0 aromatic heterocycles. The van der Waals surface area contributed by atoms with Crippen LogP contribution in [0.25, 0.3) is 0 Å². The molecule has 0 bridgehead atoms. The molecule has 2 unspecified atom stereocenters. The van der Waals surface area contributed by atoms with Crippen molar-refractivity contribution in [2.24, 2.45) is 0 Å². The van der Waals surface area contributed by atoms with Gasteiger partial charge >= 0.3 is 6.09 Å². The number of nitriles is 1. The van der Waals surface area contributed by atoms with Crippen LogP contribution < -0.4 is 0 Å². The number of hydrogen-bond donors (Lipinski definition) is 0.